The van der Waals surface area contributed by atoms with E-state index in [1.165, 1.54) is 55.9 Å². The molecular weight excluding hydrogens is 508 g/mol. The van der Waals surface area contributed by atoms with Crippen molar-refractivity contribution in [3.63, 3.8) is 0 Å². The van der Waals surface area contributed by atoms with Crippen LogP contribution in [0.3, 0.4) is 0 Å². The van der Waals surface area contributed by atoms with E-state index in [2.05, 4.69) is 162 Å². The highest BCUT2D eigenvalue weighted by Crippen LogP contribution is 2.46. The van der Waals surface area contributed by atoms with Crippen LogP contribution >= 0.6 is 0 Å². The molecular formula is C40H36N2. The first kappa shape index (κ1) is 26.1. The van der Waals surface area contributed by atoms with Crippen LogP contribution in [0.2, 0.25) is 0 Å². The van der Waals surface area contributed by atoms with Gasteiger partial charge in [0.05, 0.1) is 11.9 Å². The normalized spacial score (nSPS) is 17.0. The van der Waals surface area contributed by atoms with E-state index in [-0.39, 0.29) is 6.17 Å². The first-order valence-corrected chi connectivity index (χ1v) is 15.1. The van der Waals surface area contributed by atoms with Gasteiger partial charge in [-0.2, -0.15) is 0 Å². The maximum absolute atomic E-state index is 2.66. The molecule has 0 spiro atoms. The molecule has 42 heavy (non-hydrogen) atoms. The molecule has 7 rings (SSSR count). The minimum atomic E-state index is 0.177. The molecule has 5 aromatic carbocycles. The third-order valence-corrected chi connectivity index (χ3v) is 8.75. The lowest BCUT2D eigenvalue weighted by atomic mass is 9.86. The number of hydrogen-bond acceptors (Lipinski definition) is 2. The summed E-state index contributed by atoms with van der Waals surface area (Å²) in [7, 11) is 0. The Morgan fingerprint density at radius 3 is 1.52 bits per heavy atom. The highest BCUT2D eigenvalue weighted by atomic mass is 15.4. The number of benzene rings is 5. The van der Waals surface area contributed by atoms with E-state index in [1.807, 2.05) is 0 Å². The molecule has 2 aliphatic rings. The lowest BCUT2D eigenvalue weighted by Gasteiger charge is -2.37. The minimum absolute atomic E-state index is 0.177. The number of nitrogens with zero attached hydrogens (tertiary/aromatic N) is 2. The van der Waals surface area contributed by atoms with Gasteiger partial charge in [-0.15, -0.1) is 0 Å². The average Bonchev–Trinajstić information content (AvgIpc) is 3.45. The van der Waals surface area contributed by atoms with Gasteiger partial charge in [0.2, 0.25) is 0 Å². The Morgan fingerprint density at radius 2 is 0.976 bits per heavy atom. The Bertz CT molecular complexity index is 1660. The number of para-hydroxylation sites is 1. The lowest BCUT2D eigenvalue weighted by Crippen LogP contribution is -2.37. The summed E-state index contributed by atoms with van der Waals surface area (Å²) in [4.78, 5) is 5.30. The molecule has 0 N–H and O–H groups in total. The summed E-state index contributed by atoms with van der Waals surface area (Å²) in [6.45, 7) is 4.31. The molecule has 0 bridgehead atoms. The van der Waals surface area contributed by atoms with Gasteiger partial charge in [0.15, 0.2) is 0 Å². The Morgan fingerprint density at radius 1 is 0.500 bits per heavy atom. The molecule has 0 saturated carbocycles. The van der Waals surface area contributed by atoms with E-state index in [9.17, 15) is 0 Å². The predicted octanol–water partition coefficient (Wildman–Crippen LogP) is 9.78. The van der Waals surface area contributed by atoms with Crippen LogP contribution < -0.4 is 4.90 Å². The second-order valence-corrected chi connectivity index (χ2v) is 11.2. The largest absolute Gasteiger partial charge is 0.349 e. The number of rotatable bonds is 6. The number of anilines is 1. The van der Waals surface area contributed by atoms with Crippen molar-refractivity contribution in [1.29, 1.82) is 0 Å². The Kier molecular flexibility index (Phi) is 7.20. The van der Waals surface area contributed by atoms with Gasteiger partial charge in [0.1, 0.15) is 0 Å². The highest BCUT2D eigenvalue weighted by Gasteiger charge is 2.36. The van der Waals surface area contributed by atoms with Gasteiger partial charge in [-0.1, -0.05) is 146 Å². The molecule has 2 nitrogen and oxygen atoms in total. The molecule has 206 valence electrons. The predicted molar refractivity (Wildman–Crippen MR) is 178 cm³/mol. The quantitative estimate of drug-likeness (QED) is 0.210. The molecule has 2 heteroatoms. The molecule has 0 aromatic heterocycles. The first-order valence-electron chi connectivity index (χ1n) is 15.1. The first-order chi connectivity index (χ1) is 20.8. The second-order valence-electron chi connectivity index (χ2n) is 11.2. The van der Waals surface area contributed by atoms with Crippen molar-refractivity contribution in [1.82, 2.24) is 4.90 Å². The summed E-state index contributed by atoms with van der Waals surface area (Å²) in [5.74, 6) is 0. The molecule has 1 aliphatic heterocycles. The Balaban J connectivity index is 1.37. The van der Waals surface area contributed by atoms with Crippen molar-refractivity contribution in [3.05, 3.63) is 162 Å². The third kappa shape index (κ3) is 4.84. The Hall–Kier alpha value is -4.82. The molecule has 1 unspecified atom stereocenters. The fourth-order valence-corrected chi connectivity index (χ4v) is 6.77. The van der Waals surface area contributed by atoms with Gasteiger partial charge in [-0.3, -0.25) is 0 Å². The van der Waals surface area contributed by atoms with Crippen molar-refractivity contribution >= 4 is 16.8 Å². The van der Waals surface area contributed by atoms with E-state index in [4.69, 9.17) is 0 Å². The van der Waals surface area contributed by atoms with E-state index in [0.717, 1.165) is 25.9 Å². The fraction of sp³-hybridized carbons (Fsp3) is 0.150. The van der Waals surface area contributed by atoms with Crippen molar-refractivity contribution < 1.29 is 0 Å². The summed E-state index contributed by atoms with van der Waals surface area (Å²) in [5.41, 5.74) is 13.2. The standard InChI is InChI=1S/C40H36N2/c1-30-41(39-35(31-16-6-2-7-17-31)24-14-25-36(39)32-18-8-3-9-19-32)28-29-42(30)40-37(33-20-10-4-11-21-33)26-15-27-38(40)34-22-12-5-13-23-34/h2-14,16-26,30H,15,27-29H2,1H3. The van der Waals surface area contributed by atoms with Crippen LogP contribution in [0.5, 0.6) is 0 Å². The van der Waals surface area contributed by atoms with Gasteiger partial charge in [0, 0.05) is 35.5 Å². The van der Waals surface area contributed by atoms with Crippen LogP contribution in [0.25, 0.3) is 33.4 Å². The second kappa shape index (κ2) is 11.6. The smallest absolute Gasteiger partial charge is 0.0989 e. The monoisotopic (exact) mass is 544 g/mol. The zero-order valence-electron chi connectivity index (χ0n) is 24.2. The number of hydrogen-bond donors (Lipinski definition) is 0. The van der Waals surface area contributed by atoms with E-state index in [0.29, 0.717) is 0 Å². The molecule has 1 saturated heterocycles. The molecule has 0 amide bonds. The maximum atomic E-state index is 2.66. The van der Waals surface area contributed by atoms with Gasteiger partial charge in [0.25, 0.3) is 0 Å². The molecule has 5 aromatic rings. The van der Waals surface area contributed by atoms with Gasteiger partial charge < -0.3 is 9.80 Å². The molecule has 1 heterocycles. The van der Waals surface area contributed by atoms with Crippen molar-refractivity contribution in [2.24, 2.45) is 0 Å². The van der Waals surface area contributed by atoms with Gasteiger partial charge >= 0.3 is 0 Å². The lowest BCUT2D eigenvalue weighted by molar-refractivity contribution is 0.354. The summed E-state index contributed by atoms with van der Waals surface area (Å²) >= 11 is 0. The van der Waals surface area contributed by atoms with Crippen LogP contribution in [0.1, 0.15) is 30.9 Å². The zero-order valence-corrected chi connectivity index (χ0v) is 24.2. The van der Waals surface area contributed by atoms with E-state index in [1.54, 1.807) is 0 Å². The minimum Gasteiger partial charge on any atom is -0.349 e. The summed E-state index contributed by atoms with van der Waals surface area (Å²) < 4.78 is 0. The molecule has 1 aliphatic carbocycles. The SMILES string of the molecule is CC1N(C2=C(c3ccccc3)CCC=C2c2ccccc2)CCN1c1c(-c2ccccc2)cccc1-c1ccccc1. The zero-order chi connectivity index (χ0) is 28.3. The van der Waals surface area contributed by atoms with Gasteiger partial charge in [-0.05, 0) is 47.6 Å². The van der Waals surface area contributed by atoms with Crippen molar-refractivity contribution in [2.75, 3.05) is 18.0 Å². The van der Waals surface area contributed by atoms with Gasteiger partial charge in [-0.25, -0.2) is 0 Å². The summed E-state index contributed by atoms with van der Waals surface area (Å²) in [6.07, 6.45) is 4.74. The summed E-state index contributed by atoms with van der Waals surface area (Å²) in [5, 5.41) is 0. The average molecular weight is 545 g/mol. The van der Waals surface area contributed by atoms with Crippen LogP contribution in [-0.4, -0.2) is 24.2 Å². The Labute approximate surface area is 249 Å². The van der Waals surface area contributed by atoms with E-state index < -0.39 is 0 Å². The van der Waals surface area contributed by atoms with Crippen LogP contribution in [-0.2, 0) is 0 Å². The third-order valence-electron chi connectivity index (χ3n) is 8.75. The maximum Gasteiger partial charge on any atom is 0.0989 e. The highest BCUT2D eigenvalue weighted by molar-refractivity contribution is 5.93. The van der Waals surface area contributed by atoms with Crippen molar-refractivity contribution in [2.45, 2.75) is 25.9 Å². The van der Waals surface area contributed by atoms with E-state index >= 15 is 0 Å². The molecule has 1 fully saturated rings. The van der Waals surface area contributed by atoms with Crippen LogP contribution in [0.15, 0.2) is 151 Å². The van der Waals surface area contributed by atoms with Crippen LogP contribution in [0, 0.1) is 0 Å². The molecule has 0 radical (unpaired) electrons. The fourth-order valence-electron chi connectivity index (χ4n) is 6.77. The number of allylic oxidation sites excluding steroid dienone is 3. The van der Waals surface area contributed by atoms with Crippen molar-refractivity contribution in [3.8, 4) is 22.3 Å². The van der Waals surface area contributed by atoms with Crippen LogP contribution in [0.4, 0.5) is 5.69 Å². The summed E-state index contributed by atoms with van der Waals surface area (Å²) in [6, 6.07) is 50.5. The molecule has 1 atom stereocenters. The topological polar surface area (TPSA) is 6.48 Å².